The summed E-state index contributed by atoms with van der Waals surface area (Å²) in [5.41, 5.74) is 2.58. The number of nitrogens with zero attached hydrogens (tertiary/aromatic N) is 5. The van der Waals surface area contributed by atoms with Crippen LogP contribution in [0.3, 0.4) is 0 Å². The maximum absolute atomic E-state index is 14.5. The Morgan fingerprint density at radius 3 is 2.53 bits per heavy atom. The normalized spacial score (nSPS) is 24.1. The van der Waals surface area contributed by atoms with Gasteiger partial charge >= 0.3 is 18.1 Å². The number of anilines is 1. The molecule has 0 bridgehead atoms. The predicted molar refractivity (Wildman–Crippen MR) is 221 cm³/mol. The summed E-state index contributed by atoms with van der Waals surface area (Å²) in [6.45, 7) is 5.57. The molecule has 320 valence electrons. The van der Waals surface area contributed by atoms with E-state index in [4.69, 9.17) is 37.4 Å². The minimum absolute atomic E-state index is 0.00673. The molecule has 4 aromatic rings. The Kier molecular flexibility index (Phi) is 11.9. The fourth-order valence-electron chi connectivity index (χ4n) is 10.2. The zero-order valence-electron chi connectivity index (χ0n) is 34.1. The summed E-state index contributed by atoms with van der Waals surface area (Å²) in [4.78, 5) is 32.6. The number of esters is 1. The van der Waals surface area contributed by atoms with Gasteiger partial charge < -0.3 is 14.2 Å². The average Bonchev–Trinajstić information content (AvgIpc) is 3.90. The molecular formula is C45H50Cl2F3N5O5. The number of amides is 1. The van der Waals surface area contributed by atoms with E-state index in [0.29, 0.717) is 47.1 Å². The topological polar surface area (TPSA) is 109 Å². The lowest BCUT2D eigenvalue weighted by Gasteiger charge is -2.51. The van der Waals surface area contributed by atoms with E-state index in [2.05, 4.69) is 29.1 Å². The van der Waals surface area contributed by atoms with E-state index in [0.717, 1.165) is 73.9 Å². The number of aryl methyl sites for hydroxylation is 1. The minimum atomic E-state index is -5.28. The van der Waals surface area contributed by atoms with Crippen LogP contribution in [0.4, 0.5) is 18.9 Å². The summed E-state index contributed by atoms with van der Waals surface area (Å²) in [5, 5.41) is 9.13. The molecule has 2 saturated carbocycles. The number of alkyl halides is 3. The number of halogens is 5. The first-order chi connectivity index (χ1) is 28.7. The Labute approximate surface area is 358 Å². The maximum Gasteiger partial charge on any atom is 0.471 e. The Morgan fingerprint density at radius 1 is 1.03 bits per heavy atom. The van der Waals surface area contributed by atoms with Crippen LogP contribution < -0.4 is 14.4 Å². The first kappa shape index (κ1) is 42.3. The van der Waals surface area contributed by atoms with Gasteiger partial charge in [0, 0.05) is 40.3 Å². The molecule has 2 aromatic heterocycles. The molecule has 0 N–H and O–H groups in total. The van der Waals surface area contributed by atoms with E-state index in [9.17, 15) is 22.8 Å². The second kappa shape index (κ2) is 16.8. The van der Waals surface area contributed by atoms with Crippen LogP contribution in [0.2, 0.25) is 10.0 Å². The van der Waals surface area contributed by atoms with Gasteiger partial charge in [-0.15, -0.1) is 5.10 Å². The molecule has 3 atom stereocenters. The third-order valence-corrected chi connectivity index (χ3v) is 13.9. The van der Waals surface area contributed by atoms with Crippen molar-refractivity contribution in [3.8, 4) is 11.5 Å². The number of hydrogen-bond donors (Lipinski definition) is 0. The fourth-order valence-corrected chi connectivity index (χ4v) is 10.6. The van der Waals surface area contributed by atoms with Crippen molar-refractivity contribution in [2.75, 3.05) is 25.2 Å². The first-order valence-electron chi connectivity index (χ1n) is 20.9. The number of benzene rings is 2. The van der Waals surface area contributed by atoms with Crippen molar-refractivity contribution in [1.29, 1.82) is 0 Å². The number of carbonyl (C=O) groups is 2. The summed E-state index contributed by atoms with van der Waals surface area (Å²) >= 11 is 13.2. The molecule has 1 amide bonds. The average molecular weight is 869 g/mol. The van der Waals surface area contributed by atoms with Crippen LogP contribution in [0.15, 0.2) is 54.9 Å². The lowest BCUT2D eigenvalue weighted by molar-refractivity contribution is -0.174. The predicted octanol–water partition coefficient (Wildman–Crippen LogP) is 9.97. The lowest BCUT2D eigenvalue weighted by atomic mass is 9.59. The zero-order valence-corrected chi connectivity index (χ0v) is 35.6. The molecule has 2 aromatic carbocycles. The molecule has 1 spiro atoms. The summed E-state index contributed by atoms with van der Waals surface area (Å²) in [7, 11) is 1.14. The number of aromatic nitrogens is 4. The molecular weight excluding hydrogens is 818 g/mol. The van der Waals surface area contributed by atoms with Crippen molar-refractivity contribution in [3.05, 3.63) is 93.0 Å². The molecule has 0 unspecified atom stereocenters. The molecule has 10 nitrogen and oxygen atoms in total. The second-order valence-electron chi connectivity index (χ2n) is 17.3. The van der Waals surface area contributed by atoms with Crippen molar-refractivity contribution in [2.24, 2.45) is 11.8 Å². The van der Waals surface area contributed by atoms with Crippen LogP contribution in [0.25, 0.3) is 0 Å². The highest BCUT2D eigenvalue weighted by Crippen LogP contribution is 2.58. The molecule has 0 saturated heterocycles. The highest BCUT2D eigenvalue weighted by Gasteiger charge is 2.60. The monoisotopic (exact) mass is 867 g/mol. The molecule has 0 radical (unpaired) electrons. The molecule has 0 aliphatic heterocycles. The largest absolute Gasteiger partial charge is 0.493 e. The van der Waals surface area contributed by atoms with Gasteiger partial charge in [-0.05, 0) is 141 Å². The number of rotatable bonds is 13. The summed E-state index contributed by atoms with van der Waals surface area (Å²) in [5.74, 6) is -0.803. The van der Waals surface area contributed by atoms with Crippen LogP contribution in [-0.2, 0) is 39.1 Å². The van der Waals surface area contributed by atoms with Crippen LogP contribution in [0.1, 0.15) is 112 Å². The van der Waals surface area contributed by atoms with E-state index < -0.39 is 29.0 Å². The van der Waals surface area contributed by atoms with E-state index >= 15 is 0 Å². The van der Waals surface area contributed by atoms with Crippen molar-refractivity contribution in [3.63, 3.8) is 0 Å². The number of hydrogen-bond acceptors (Lipinski definition) is 8. The standard InChI is InChI=1S/C45H50Cl2F3N5O5/c1-27(26-60-38-12-17-51-36-9-4-6-28(2)40(36)38)20-31-21-30-22-35(47)39(59-19-18-54-25-37(52-53-54)29-10-11-29)24-34(30)43(31)13-15-44(16-14-43,42(57)58-3)55(41(56)45(48,49)50)33-8-5-7-32(46)23-33/h5,7-8,12,17,22-25,27-29,31H,4,6,9-11,13-16,18-21,26H2,1-3H3/t27-,28-,31+,43?,44?/m1/s1. The van der Waals surface area contributed by atoms with Gasteiger partial charge in [0.05, 0.1) is 31.0 Å². The van der Waals surface area contributed by atoms with E-state index in [1.807, 2.05) is 30.6 Å². The van der Waals surface area contributed by atoms with Crippen molar-refractivity contribution >= 4 is 40.8 Å². The van der Waals surface area contributed by atoms with Crippen LogP contribution in [0.5, 0.6) is 11.5 Å². The fraction of sp³-hybridized carbons (Fsp3) is 0.533. The Hall–Kier alpha value is -4.36. The molecule has 4 aliphatic carbocycles. The van der Waals surface area contributed by atoms with E-state index in [1.165, 1.54) is 29.8 Å². The highest BCUT2D eigenvalue weighted by molar-refractivity contribution is 6.32. The lowest BCUT2D eigenvalue weighted by Crippen LogP contribution is -2.63. The van der Waals surface area contributed by atoms with E-state index in [-0.39, 0.29) is 54.8 Å². The molecule has 2 fully saturated rings. The number of carbonyl (C=O) groups excluding carboxylic acids is 2. The van der Waals surface area contributed by atoms with Crippen molar-refractivity contribution in [2.45, 2.75) is 120 Å². The van der Waals surface area contributed by atoms with E-state index in [1.54, 1.807) is 4.68 Å². The van der Waals surface area contributed by atoms with Gasteiger partial charge in [-0.1, -0.05) is 48.3 Å². The van der Waals surface area contributed by atoms with Crippen molar-refractivity contribution < 1.29 is 37.0 Å². The van der Waals surface area contributed by atoms with Crippen LogP contribution >= 0.6 is 23.2 Å². The number of ether oxygens (including phenoxy) is 3. The molecule has 60 heavy (non-hydrogen) atoms. The van der Waals surface area contributed by atoms with Gasteiger partial charge in [-0.2, -0.15) is 13.2 Å². The number of methoxy groups -OCH3 is 1. The molecule has 2 heterocycles. The Balaban J connectivity index is 1.10. The number of pyridine rings is 1. The van der Waals surface area contributed by atoms with Gasteiger partial charge in [0.25, 0.3) is 0 Å². The van der Waals surface area contributed by atoms with Gasteiger partial charge in [-0.25, -0.2) is 9.48 Å². The Bertz CT molecular complexity index is 2240. The summed E-state index contributed by atoms with van der Waals surface area (Å²) in [6.07, 6.45) is 5.62. The maximum atomic E-state index is 14.5. The second-order valence-corrected chi connectivity index (χ2v) is 18.1. The quantitative estimate of drug-likeness (QED) is 0.122. The first-order valence-corrected chi connectivity index (χ1v) is 21.7. The zero-order chi connectivity index (χ0) is 42.4. The third-order valence-electron chi connectivity index (χ3n) is 13.3. The van der Waals surface area contributed by atoms with Gasteiger partial charge in [0.2, 0.25) is 0 Å². The van der Waals surface area contributed by atoms with Gasteiger partial charge in [0.15, 0.2) is 0 Å². The van der Waals surface area contributed by atoms with Crippen molar-refractivity contribution in [1.82, 2.24) is 20.0 Å². The van der Waals surface area contributed by atoms with Crippen LogP contribution in [-0.4, -0.2) is 63.9 Å². The highest BCUT2D eigenvalue weighted by atomic mass is 35.5. The summed E-state index contributed by atoms with van der Waals surface area (Å²) < 4.78 is 63.3. The van der Waals surface area contributed by atoms with Crippen LogP contribution in [0, 0.1) is 11.8 Å². The molecule has 15 heteroatoms. The van der Waals surface area contributed by atoms with Gasteiger partial charge in [0.1, 0.15) is 23.6 Å². The molecule has 4 aliphatic rings. The minimum Gasteiger partial charge on any atom is -0.493 e. The number of fused-ring (bicyclic) bond motifs is 3. The third kappa shape index (κ3) is 8.20. The Morgan fingerprint density at radius 2 is 1.82 bits per heavy atom. The smallest absolute Gasteiger partial charge is 0.471 e. The van der Waals surface area contributed by atoms with Gasteiger partial charge in [-0.3, -0.25) is 14.7 Å². The SMILES string of the molecule is COC(=O)C1(N(C(=O)C(F)(F)F)c2cccc(Cl)c2)CCC2(CC1)c1cc(OCCn3cc(C4CC4)nn3)c(Cl)cc1C[C@@H]2C[C@@H](C)COc1ccnc2c1[C@H](C)CCC2. The summed E-state index contributed by atoms with van der Waals surface area (Å²) in [6, 6.07) is 11.4. The molecule has 8 rings (SSSR count).